The third-order valence-corrected chi connectivity index (χ3v) is 12.4. The standard InChI is InChI=1S/C40H35Cl3FN5O2/c1-20-28-17-33(32-16-26(19-48(32)40(50)21-10-11-21)51-25-7-2-6-24(41)15-25)49(38-23-14-31(38)46-18-23)39(28)29-13-22(5-4-12-45)34(36(44)37(29)47-20)27-8-3-9-30(42)35(27)43/h2-3,6-9,13,15,17,21,23,26,31-32,38,46H,4-5,10-11,14,16,18-19H2,1H3/t23-,26+,31-,32-,38+/m1/s1. The van der Waals surface area contributed by atoms with E-state index in [1.165, 1.54) is 0 Å². The van der Waals surface area contributed by atoms with E-state index >= 15 is 4.39 Å². The summed E-state index contributed by atoms with van der Waals surface area (Å²) in [7, 11) is 0. The minimum absolute atomic E-state index is 0.0366. The highest BCUT2D eigenvalue weighted by Crippen LogP contribution is 2.51. The van der Waals surface area contributed by atoms with E-state index in [1.54, 1.807) is 24.3 Å². The number of hydrogen-bond donors (Lipinski definition) is 1. The molecule has 0 unspecified atom stereocenters. The molecule has 3 saturated heterocycles. The Morgan fingerprint density at radius 1 is 1.10 bits per heavy atom. The van der Waals surface area contributed by atoms with Crippen LogP contribution >= 0.6 is 34.8 Å². The van der Waals surface area contributed by atoms with Gasteiger partial charge in [0, 0.05) is 69.7 Å². The Balaban J connectivity index is 1.26. The largest absolute Gasteiger partial charge is 0.488 e. The molecular weight excluding hydrogens is 708 g/mol. The molecule has 2 saturated carbocycles. The lowest BCUT2D eigenvalue weighted by Gasteiger charge is -2.39. The third-order valence-electron chi connectivity index (χ3n) is 11.3. The van der Waals surface area contributed by atoms with E-state index in [2.05, 4.69) is 22.0 Å². The number of nitrogens with zero attached hydrogens (tertiary/aromatic N) is 4. The van der Waals surface area contributed by atoms with Crippen LogP contribution in [0.5, 0.6) is 5.75 Å². The van der Waals surface area contributed by atoms with Gasteiger partial charge in [0.25, 0.3) is 0 Å². The number of aromatic nitrogens is 2. The Bertz CT molecular complexity index is 2280. The summed E-state index contributed by atoms with van der Waals surface area (Å²) in [5.41, 5.74) is 4.35. The predicted octanol–water partition coefficient (Wildman–Crippen LogP) is 9.38. The fourth-order valence-electron chi connectivity index (χ4n) is 8.80. The second-order valence-corrected chi connectivity index (χ2v) is 15.7. The lowest BCUT2D eigenvalue weighted by molar-refractivity contribution is -0.133. The fourth-order valence-corrected chi connectivity index (χ4v) is 9.38. The van der Waals surface area contributed by atoms with Crippen LogP contribution in [0.2, 0.25) is 15.1 Å². The zero-order valence-electron chi connectivity index (χ0n) is 27.9. The van der Waals surface area contributed by atoms with Gasteiger partial charge < -0.3 is 19.5 Å². The van der Waals surface area contributed by atoms with Crippen molar-refractivity contribution in [1.82, 2.24) is 19.8 Å². The molecule has 7 nitrogen and oxygen atoms in total. The lowest BCUT2D eigenvalue weighted by atomic mass is 9.79. The maximum atomic E-state index is 17.2. The minimum Gasteiger partial charge on any atom is -0.488 e. The first-order valence-electron chi connectivity index (χ1n) is 17.7. The summed E-state index contributed by atoms with van der Waals surface area (Å²) in [5, 5.41) is 16.1. The van der Waals surface area contributed by atoms with Crippen molar-refractivity contribution in [1.29, 1.82) is 5.26 Å². The van der Waals surface area contributed by atoms with Gasteiger partial charge >= 0.3 is 0 Å². The molecular formula is C40H35Cl3FN5O2. The van der Waals surface area contributed by atoms with E-state index in [0.717, 1.165) is 42.4 Å². The van der Waals surface area contributed by atoms with Crippen molar-refractivity contribution >= 4 is 62.5 Å². The minimum atomic E-state index is -0.486. The van der Waals surface area contributed by atoms with E-state index in [-0.39, 0.29) is 53.0 Å². The Morgan fingerprint density at radius 3 is 2.65 bits per heavy atom. The first kappa shape index (κ1) is 33.0. The van der Waals surface area contributed by atoms with Gasteiger partial charge in [0.05, 0.1) is 40.3 Å². The number of nitriles is 1. The van der Waals surface area contributed by atoms with Crippen LogP contribution in [0.4, 0.5) is 4.39 Å². The number of amides is 1. The summed E-state index contributed by atoms with van der Waals surface area (Å²) in [6, 6.07) is 19.1. The molecule has 260 valence electrons. The molecule has 2 aliphatic carbocycles. The molecule has 5 fully saturated rings. The molecule has 2 bridgehead atoms. The van der Waals surface area contributed by atoms with Crippen LogP contribution in [0, 0.1) is 35.9 Å². The second kappa shape index (κ2) is 12.7. The Morgan fingerprint density at radius 2 is 1.92 bits per heavy atom. The molecule has 1 N–H and O–H groups in total. The highest BCUT2D eigenvalue weighted by molar-refractivity contribution is 6.43. The summed E-state index contributed by atoms with van der Waals surface area (Å²) in [4.78, 5) is 20.9. The van der Waals surface area contributed by atoms with Crippen LogP contribution in [-0.2, 0) is 11.2 Å². The van der Waals surface area contributed by atoms with Gasteiger partial charge in [0.1, 0.15) is 17.4 Å². The molecule has 10 rings (SSSR count). The molecule has 5 aromatic rings. The summed E-state index contributed by atoms with van der Waals surface area (Å²) < 4.78 is 26.1. The molecule has 0 spiro atoms. The van der Waals surface area contributed by atoms with Gasteiger partial charge in [-0.3, -0.25) is 4.79 Å². The number of fused-ring (bicyclic) bond motifs is 4. The molecule has 0 radical (unpaired) electrons. The number of aryl methyl sites for hydroxylation is 2. The molecule has 3 aliphatic heterocycles. The Hall–Kier alpha value is -3.87. The number of benzene rings is 3. The van der Waals surface area contributed by atoms with Gasteiger partial charge in [-0.2, -0.15) is 5.26 Å². The average Bonchev–Trinajstić information content (AvgIpc) is 3.39. The van der Waals surface area contributed by atoms with Crippen LogP contribution in [0.3, 0.4) is 0 Å². The average molecular weight is 743 g/mol. The zero-order valence-corrected chi connectivity index (χ0v) is 30.2. The molecule has 5 atom stereocenters. The van der Waals surface area contributed by atoms with Crippen molar-refractivity contribution in [2.24, 2.45) is 11.8 Å². The summed E-state index contributed by atoms with van der Waals surface area (Å²) in [6.45, 7) is 3.30. The van der Waals surface area contributed by atoms with Crippen LogP contribution < -0.4 is 10.1 Å². The van der Waals surface area contributed by atoms with Gasteiger partial charge in [-0.15, -0.1) is 0 Å². The number of carbonyl (C=O) groups excluding carboxylic acids is 1. The highest BCUT2D eigenvalue weighted by Gasteiger charge is 2.51. The highest BCUT2D eigenvalue weighted by atomic mass is 35.5. The molecule has 3 aromatic carbocycles. The van der Waals surface area contributed by atoms with Crippen molar-refractivity contribution in [2.45, 2.75) is 69.7 Å². The number of hydrogen-bond acceptors (Lipinski definition) is 5. The molecule has 5 heterocycles. The summed E-state index contributed by atoms with van der Waals surface area (Å²) >= 11 is 19.4. The van der Waals surface area contributed by atoms with Crippen LogP contribution in [0.25, 0.3) is 32.9 Å². The van der Waals surface area contributed by atoms with Crippen molar-refractivity contribution in [3.63, 3.8) is 0 Å². The molecule has 1 amide bonds. The normalized spacial score (nSPS) is 23.9. The van der Waals surface area contributed by atoms with Crippen molar-refractivity contribution in [3.8, 4) is 22.9 Å². The van der Waals surface area contributed by atoms with Crippen LogP contribution in [-0.4, -0.2) is 45.6 Å². The third kappa shape index (κ3) is 5.47. The van der Waals surface area contributed by atoms with Crippen LogP contribution in [0.1, 0.15) is 61.1 Å². The van der Waals surface area contributed by atoms with E-state index in [1.807, 2.05) is 36.1 Å². The van der Waals surface area contributed by atoms with E-state index in [9.17, 15) is 10.1 Å². The van der Waals surface area contributed by atoms with Crippen molar-refractivity contribution < 1.29 is 13.9 Å². The van der Waals surface area contributed by atoms with Gasteiger partial charge in [0.2, 0.25) is 5.91 Å². The maximum Gasteiger partial charge on any atom is 0.226 e. The van der Waals surface area contributed by atoms with Crippen molar-refractivity contribution in [3.05, 3.63) is 92.4 Å². The zero-order chi connectivity index (χ0) is 35.1. The van der Waals surface area contributed by atoms with E-state index < -0.39 is 5.82 Å². The molecule has 2 aromatic heterocycles. The van der Waals surface area contributed by atoms with Gasteiger partial charge in [0.15, 0.2) is 5.82 Å². The number of carbonyl (C=O) groups is 1. The number of likely N-dealkylation sites (tertiary alicyclic amines) is 1. The van der Waals surface area contributed by atoms with E-state index in [4.69, 9.17) is 44.5 Å². The predicted molar refractivity (Wildman–Crippen MR) is 198 cm³/mol. The second-order valence-electron chi connectivity index (χ2n) is 14.5. The SMILES string of the molecule is Cc1nc2c(F)c(-c3cccc(Cl)c3Cl)c(CCC#N)cc2c2c1cc([C@H]1C[C@H](Oc3cccc(Cl)c3)CN1C(=O)C1CC1)n2[C@H]1[C@H]2CN[C@@H]1C2. The number of rotatable bonds is 8. The van der Waals surface area contributed by atoms with Gasteiger partial charge in [-0.25, -0.2) is 9.37 Å². The smallest absolute Gasteiger partial charge is 0.226 e. The molecule has 51 heavy (non-hydrogen) atoms. The number of halogens is 4. The first-order chi connectivity index (χ1) is 24.7. The van der Waals surface area contributed by atoms with Crippen LogP contribution in [0.15, 0.2) is 54.6 Å². The van der Waals surface area contributed by atoms with E-state index in [0.29, 0.717) is 68.9 Å². The topological polar surface area (TPSA) is 83.2 Å². The Kier molecular flexibility index (Phi) is 8.19. The van der Waals surface area contributed by atoms with Gasteiger partial charge in [-0.1, -0.05) is 53.0 Å². The number of pyridine rings is 1. The van der Waals surface area contributed by atoms with Gasteiger partial charge in [-0.05, 0) is 80.5 Å². The van der Waals surface area contributed by atoms with Crippen molar-refractivity contribution in [2.75, 3.05) is 13.1 Å². The summed E-state index contributed by atoms with van der Waals surface area (Å²) in [6.07, 6.45) is 3.79. The first-order valence-corrected chi connectivity index (χ1v) is 18.8. The number of nitrogens with one attached hydrogen (secondary N) is 1. The monoisotopic (exact) mass is 741 g/mol. The Labute approximate surface area is 310 Å². The lowest BCUT2D eigenvalue weighted by Crippen LogP contribution is -2.41. The number of ether oxygens (including phenoxy) is 1. The molecule has 5 aliphatic rings. The fraction of sp³-hybridized carbons (Fsp3) is 0.375. The quantitative estimate of drug-likeness (QED) is 0.171. The molecule has 11 heteroatoms. The summed E-state index contributed by atoms with van der Waals surface area (Å²) in [5.74, 6) is 0.800. The maximum absolute atomic E-state index is 17.2.